The number of fused-ring (bicyclic) bond motifs is 1. The van der Waals surface area contributed by atoms with Crippen molar-refractivity contribution in [2.45, 2.75) is 77.2 Å². The zero-order chi connectivity index (χ0) is 19.1. The van der Waals surface area contributed by atoms with Crippen LogP contribution in [-0.4, -0.2) is 12.1 Å². The van der Waals surface area contributed by atoms with Crippen LogP contribution in [-0.2, 0) is 4.74 Å². The maximum absolute atomic E-state index is 13.3. The summed E-state index contributed by atoms with van der Waals surface area (Å²) >= 11 is 0. The highest BCUT2D eigenvalue weighted by Gasteiger charge is 2.24. The van der Waals surface area contributed by atoms with E-state index in [1.165, 1.54) is 63.5 Å². The third-order valence-electron chi connectivity index (χ3n) is 5.82. The van der Waals surface area contributed by atoms with Crippen LogP contribution in [0.1, 0.15) is 81.5 Å². The van der Waals surface area contributed by atoms with E-state index in [-0.39, 0.29) is 17.9 Å². The lowest BCUT2D eigenvalue weighted by atomic mass is 9.84. The molecule has 0 atom stereocenters. The highest BCUT2D eigenvalue weighted by Crippen LogP contribution is 2.30. The first-order valence-corrected chi connectivity index (χ1v) is 10.6. The molecule has 1 aliphatic rings. The zero-order valence-electron chi connectivity index (χ0n) is 16.4. The fourth-order valence-electron chi connectivity index (χ4n) is 4.14. The van der Waals surface area contributed by atoms with Crippen LogP contribution in [0.5, 0.6) is 0 Å². The van der Waals surface area contributed by atoms with Gasteiger partial charge in [0.05, 0.1) is 5.56 Å². The van der Waals surface area contributed by atoms with Crippen molar-refractivity contribution < 1.29 is 13.9 Å². The van der Waals surface area contributed by atoms with Gasteiger partial charge in [0.15, 0.2) is 0 Å². The molecular formula is C24H31FO2. The number of carbonyl (C=O) groups excluding carboxylic acids is 1. The number of rotatable bonds is 8. The summed E-state index contributed by atoms with van der Waals surface area (Å²) in [4.78, 5) is 12.5. The lowest BCUT2D eigenvalue weighted by Crippen LogP contribution is -2.24. The quantitative estimate of drug-likeness (QED) is 0.367. The van der Waals surface area contributed by atoms with Gasteiger partial charge in [0.1, 0.15) is 11.9 Å². The first kappa shape index (κ1) is 19.9. The molecule has 0 saturated heterocycles. The first-order chi connectivity index (χ1) is 13.2. The number of hydrogen-bond donors (Lipinski definition) is 0. The average Bonchev–Trinajstić information content (AvgIpc) is 2.68. The number of halogens is 1. The minimum atomic E-state index is -0.264. The molecule has 1 aliphatic carbocycles. The van der Waals surface area contributed by atoms with Crippen LogP contribution < -0.4 is 0 Å². The lowest BCUT2D eigenvalue weighted by molar-refractivity contribution is 0.0161. The molecule has 0 N–H and O–H groups in total. The van der Waals surface area contributed by atoms with Gasteiger partial charge >= 0.3 is 5.97 Å². The van der Waals surface area contributed by atoms with Crippen molar-refractivity contribution in [2.24, 2.45) is 5.92 Å². The second-order valence-electron chi connectivity index (χ2n) is 7.96. The minimum absolute atomic E-state index is 0.0396. The van der Waals surface area contributed by atoms with Crippen LogP contribution in [0.25, 0.3) is 10.8 Å². The Morgan fingerprint density at radius 3 is 2.44 bits per heavy atom. The van der Waals surface area contributed by atoms with Gasteiger partial charge in [-0.25, -0.2) is 9.18 Å². The monoisotopic (exact) mass is 370 g/mol. The number of hydrogen-bond acceptors (Lipinski definition) is 2. The molecule has 2 aromatic rings. The van der Waals surface area contributed by atoms with Gasteiger partial charge in [0.25, 0.3) is 0 Å². The van der Waals surface area contributed by atoms with Crippen molar-refractivity contribution in [3.8, 4) is 0 Å². The Labute approximate surface area is 162 Å². The van der Waals surface area contributed by atoms with Gasteiger partial charge in [-0.15, -0.1) is 0 Å². The van der Waals surface area contributed by atoms with E-state index in [1.807, 2.05) is 0 Å². The molecule has 0 amide bonds. The Kier molecular flexibility index (Phi) is 7.25. The topological polar surface area (TPSA) is 26.3 Å². The summed E-state index contributed by atoms with van der Waals surface area (Å²) in [6.07, 6.45) is 12.4. The van der Waals surface area contributed by atoms with Gasteiger partial charge in [0.2, 0.25) is 0 Å². The van der Waals surface area contributed by atoms with Crippen molar-refractivity contribution in [1.29, 1.82) is 0 Å². The normalized spacial score (nSPS) is 19.9. The highest BCUT2D eigenvalue weighted by atomic mass is 19.1. The number of benzene rings is 2. The molecule has 27 heavy (non-hydrogen) atoms. The zero-order valence-corrected chi connectivity index (χ0v) is 16.4. The average molecular weight is 371 g/mol. The Morgan fingerprint density at radius 1 is 0.963 bits per heavy atom. The molecule has 0 unspecified atom stereocenters. The summed E-state index contributed by atoms with van der Waals surface area (Å²) in [5, 5.41) is 1.66. The Morgan fingerprint density at radius 2 is 1.67 bits per heavy atom. The Bertz CT molecular complexity index is 747. The molecule has 3 rings (SSSR count). The van der Waals surface area contributed by atoms with Crippen LogP contribution >= 0.6 is 0 Å². The minimum Gasteiger partial charge on any atom is -0.459 e. The van der Waals surface area contributed by atoms with E-state index < -0.39 is 0 Å². The van der Waals surface area contributed by atoms with Crippen molar-refractivity contribution in [2.75, 3.05) is 0 Å². The second-order valence-corrected chi connectivity index (χ2v) is 7.96. The smallest absolute Gasteiger partial charge is 0.338 e. The molecule has 2 nitrogen and oxygen atoms in total. The fraction of sp³-hybridized carbons (Fsp3) is 0.542. The van der Waals surface area contributed by atoms with E-state index in [1.54, 1.807) is 24.3 Å². The van der Waals surface area contributed by atoms with Crippen LogP contribution in [0.15, 0.2) is 36.4 Å². The maximum Gasteiger partial charge on any atom is 0.338 e. The molecule has 0 radical (unpaired) electrons. The predicted molar refractivity (Wildman–Crippen MR) is 108 cm³/mol. The van der Waals surface area contributed by atoms with E-state index in [0.29, 0.717) is 5.56 Å². The van der Waals surface area contributed by atoms with E-state index in [0.717, 1.165) is 29.5 Å². The summed E-state index contributed by atoms with van der Waals surface area (Å²) < 4.78 is 19.0. The van der Waals surface area contributed by atoms with Gasteiger partial charge < -0.3 is 4.74 Å². The van der Waals surface area contributed by atoms with Gasteiger partial charge in [-0.05, 0) is 66.6 Å². The standard InChI is InChI=1S/C24H31FO2/c1-2-3-4-5-6-7-18-8-14-23(15-9-18)27-24(26)21-11-10-20-17-22(25)13-12-19(20)16-21/h10-13,16-18,23H,2-9,14-15H2,1H3. The van der Waals surface area contributed by atoms with Gasteiger partial charge in [-0.2, -0.15) is 0 Å². The second kappa shape index (κ2) is 9.87. The molecule has 3 heteroatoms. The van der Waals surface area contributed by atoms with Crippen LogP contribution in [0, 0.1) is 11.7 Å². The number of unbranched alkanes of at least 4 members (excludes halogenated alkanes) is 4. The first-order valence-electron chi connectivity index (χ1n) is 10.6. The molecule has 0 bridgehead atoms. The lowest BCUT2D eigenvalue weighted by Gasteiger charge is -2.28. The molecule has 1 fully saturated rings. The van der Waals surface area contributed by atoms with Crippen LogP contribution in [0.3, 0.4) is 0 Å². The van der Waals surface area contributed by atoms with E-state index in [2.05, 4.69) is 6.92 Å². The summed E-state index contributed by atoms with van der Waals surface area (Å²) in [6.45, 7) is 2.25. The molecule has 1 saturated carbocycles. The van der Waals surface area contributed by atoms with Gasteiger partial charge in [-0.3, -0.25) is 0 Å². The van der Waals surface area contributed by atoms with Gasteiger partial charge in [0, 0.05) is 0 Å². The van der Waals surface area contributed by atoms with Crippen molar-refractivity contribution in [3.05, 3.63) is 47.8 Å². The largest absolute Gasteiger partial charge is 0.459 e. The summed E-state index contributed by atoms with van der Waals surface area (Å²) in [7, 11) is 0. The van der Waals surface area contributed by atoms with Gasteiger partial charge in [-0.1, -0.05) is 57.6 Å². The number of ether oxygens (including phenoxy) is 1. The van der Waals surface area contributed by atoms with Crippen LogP contribution in [0.2, 0.25) is 0 Å². The Balaban J connectivity index is 1.45. The molecular weight excluding hydrogens is 339 g/mol. The van der Waals surface area contributed by atoms with E-state index >= 15 is 0 Å². The third-order valence-corrected chi connectivity index (χ3v) is 5.82. The SMILES string of the molecule is CCCCCCCC1CCC(OC(=O)c2ccc3cc(F)ccc3c2)CC1. The van der Waals surface area contributed by atoms with E-state index in [9.17, 15) is 9.18 Å². The molecule has 0 heterocycles. The summed E-state index contributed by atoms with van der Waals surface area (Å²) in [5.41, 5.74) is 0.548. The molecule has 146 valence electrons. The van der Waals surface area contributed by atoms with Crippen molar-refractivity contribution in [3.63, 3.8) is 0 Å². The number of esters is 1. The van der Waals surface area contributed by atoms with E-state index in [4.69, 9.17) is 4.74 Å². The fourth-order valence-corrected chi connectivity index (χ4v) is 4.14. The maximum atomic E-state index is 13.3. The predicted octanol–water partition coefficient (Wildman–Crippen LogP) is 7.06. The molecule has 2 aromatic carbocycles. The summed E-state index contributed by atoms with van der Waals surface area (Å²) in [6, 6.07) is 9.90. The molecule has 0 aliphatic heterocycles. The van der Waals surface area contributed by atoms with Crippen LogP contribution in [0.4, 0.5) is 4.39 Å². The molecule has 0 aromatic heterocycles. The van der Waals surface area contributed by atoms with Crippen molar-refractivity contribution >= 4 is 16.7 Å². The molecule has 0 spiro atoms. The number of carbonyl (C=O) groups is 1. The van der Waals surface area contributed by atoms with Crippen molar-refractivity contribution in [1.82, 2.24) is 0 Å². The third kappa shape index (κ3) is 5.79. The summed E-state index contributed by atoms with van der Waals surface area (Å²) in [5.74, 6) is 0.279. The highest BCUT2D eigenvalue weighted by molar-refractivity contribution is 5.95. The Hall–Kier alpha value is -1.90.